The van der Waals surface area contributed by atoms with Gasteiger partial charge < -0.3 is 18.6 Å². The lowest BCUT2D eigenvalue weighted by Crippen LogP contribution is -2.24. The molecule has 1 fully saturated rings. The fourth-order valence-corrected chi connectivity index (χ4v) is 2.74. The monoisotopic (exact) mass is 340 g/mol. The second kappa shape index (κ2) is 6.61. The molecule has 20 heavy (non-hydrogen) atoms. The predicted octanol–water partition coefficient (Wildman–Crippen LogP) is 4.12. The highest BCUT2D eigenvalue weighted by atomic mass is 79.9. The molecule has 1 aromatic carbocycles. The number of rotatable bonds is 5. The minimum absolute atomic E-state index is 0.0637. The lowest BCUT2D eigenvalue weighted by molar-refractivity contribution is -0.165. The Hall–Kier alpha value is -1.04. The minimum atomic E-state index is -0.0637. The van der Waals surface area contributed by atoms with Crippen molar-refractivity contribution < 1.29 is 18.6 Å². The SMILES string of the molecule is Brc1ccc(OCCOC2CCCCO2)c2ccoc12. The number of halogens is 1. The molecule has 1 aromatic heterocycles. The van der Waals surface area contributed by atoms with Gasteiger partial charge in [0.15, 0.2) is 11.9 Å². The van der Waals surface area contributed by atoms with Crippen molar-refractivity contribution in [2.45, 2.75) is 25.6 Å². The average Bonchev–Trinajstić information content (AvgIpc) is 2.97. The first-order valence-corrected chi connectivity index (χ1v) is 7.65. The first-order valence-electron chi connectivity index (χ1n) is 6.86. The maximum absolute atomic E-state index is 5.76. The molecule has 0 saturated carbocycles. The molecule has 2 heterocycles. The van der Waals surface area contributed by atoms with Gasteiger partial charge in [-0.1, -0.05) is 0 Å². The standard InChI is InChI=1S/C15H17BrO4/c16-12-4-5-13(11-6-8-20-15(11)12)17-9-10-19-14-3-1-2-7-18-14/h4-6,8,14H,1-3,7,9-10H2. The maximum atomic E-state index is 5.76. The van der Waals surface area contributed by atoms with Gasteiger partial charge in [0, 0.05) is 6.61 Å². The van der Waals surface area contributed by atoms with E-state index in [9.17, 15) is 0 Å². The number of hydrogen-bond donors (Lipinski definition) is 0. The molecule has 2 aromatic rings. The molecule has 0 N–H and O–H groups in total. The van der Waals surface area contributed by atoms with Gasteiger partial charge in [-0.15, -0.1) is 0 Å². The van der Waals surface area contributed by atoms with E-state index in [0.717, 1.165) is 40.6 Å². The Morgan fingerprint density at radius 2 is 2.15 bits per heavy atom. The van der Waals surface area contributed by atoms with Crippen molar-refractivity contribution in [2.75, 3.05) is 19.8 Å². The number of benzene rings is 1. The lowest BCUT2D eigenvalue weighted by atomic mass is 10.2. The Labute approximate surface area is 126 Å². The zero-order valence-corrected chi connectivity index (χ0v) is 12.7. The van der Waals surface area contributed by atoms with E-state index in [-0.39, 0.29) is 6.29 Å². The second-order valence-corrected chi connectivity index (χ2v) is 5.58. The van der Waals surface area contributed by atoms with Crippen LogP contribution in [-0.2, 0) is 9.47 Å². The van der Waals surface area contributed by atoms with Crippen molar-refractivity contribution >= 4 is 26.9 Å². The van der Waals surface area contributed by atoms with Crippen molar-refractivity contribution in [2.24, 2.45) is 0 Å². The van der Waals surface area contributed by atoms with Gasteiger partial charge in [0.1, 0.15) is 12.4 Å². The highest BCUT2D eigenvalue weighted by Gasteiger charge is 2.14. The molecule has 1 atom stereocenters. The number of fused-ring (bicyclic) bond motifs is 1. The van der Waals surface area contributed by atoms with Crippen LogP contribution in [0.2, 0.25) is 0 Å². The van der Waals surface area contributed by atoms with Gasteiger partial charge in [-0.25, -0.2) is 0 Å². The van der Waals surface area contributed by atoms with E-state index < -0.39 is 0 Å². The number of furan rings is 1. The molecule has 1 unspecified atom stereocenters. The van der Waals surface area contributed by atoms with Crippen molar-refractivity contribution in [1.82, 2.24) is 0 Å². The fourth-order valence-electron chi connectivity index (χ4n) is 2.30. The van der Waals surface area contributed by atoms with Crippen LogP contribution in [0.4, 0.5) is 0 Å². The molecule has 0 radical (unpaired) electrons. The molecule has 1 aliphatic rings. The Bertz CT molecular complexity index is 560. The minimum Gasteiger partial charge on any atom is -0.490 e. The van der Waals surface area contributed by atoms with Crippen molar-refractivity contribution in [1.29, 1.82) is 0 Å². The fraction of sp³-hybridized carbons (Fsp3) is 0.467. The van der Waals surface area contributed by atoms with Crippen LogP contribution in [0, 0.1) is 0 Å². The van der Waals surface area contributed by atoms with Crippen molar-refractivity contribution in [3.05, 3.63) is 28.9 Å². The third kappa shape index (κ3) is 3.16. The summed E-state index contributed by atoms with van der Waals surface area (Å²) in [5, 5.41) is 0.966. The lowest BCUT2D eigenvalue weighted by Gasteiger charge is -2.22. The van der Waals surface area contributed by atoms with Gasteiger partial charge in [0.25, 0.3) is 0 Å². The summed E-state index contributed by atoms with van der Waals surface area (Å²) in [6.07, 6.45) is 4.88. The molecule has 1 saturated heterocycles. The molecular formula is C15H17BrO4. The summed E-state index contributed by atoms with van der Waals surface area (Å²) in [5.74, 6) is 0.810. The third-order valence-electron chi connectivity index (χ3n) is 3.31. The maximum Gasteiger partial charge on any atom is 0.157 e. The molecule has 4 nitrogen and oxygen atoms in total. The van der Waals surface area contributed by atoms with E-state index in [2.05, 4.69) is 15.9 Å². The Balaban J connectivity index is 1.52. The van der Waals surface area contributed by atoms with Crippen LogP contribution < -0.4 is 4.74 Å². The normalized spacial score (nSPS) is 19.4. The summed E-state index contributed by atoms with van der Waals surface area (Å²) in [7, 11) is 0. The van der Waals surface area contributed by atoms with E-state index in [1.807, 2.05) is 18.2 Å². The van der Waals surface area contributed by atoms with Crippen molar-refractivity contribution in [3.8, 4) is 5.75 Å². The molecule has 1 aliphatic heterocycles. The van der Waals surface area contributed by atoms with Gasteiger partial charge in [-0.05, 0) is 53.4 Å². The first-order chi connectivity index (χ1) is 9.84. The molecule has 0 amide bonds. The van der Waals surface area contributed by atoms with Gasteiger partial charge in [0.2, 0.25) is 0 Å². The van der Waals surface area contributed by atoms with Crippen molar-refractivity contribution in [3.63, 3.8) is 0 Å². The summed E-state index contributed by atoms with van der Waals surface area (Å²) >= 11 is 3.45. The van der Waals surface area contributed by atoms with E-state index in [0.29, 0.717) is 13.2 Å². The van der Waals surface area contributed by atoms with Crippen LogP contribution >= 0.6 is 15.9 Å². The third-order valence-corrected chi connectivity index (χ3v) is 3.94. The van der Waals surface area contributed by atoms with E-state index in [1.165, 1.54) is 6.42 Å². The van der Waals surface area contributed by atoms with Crippen LogP contribution in [0.15, 0.2) is 33.4 Å². The number of hydrogen-bond acceptors (Lipinski definition) is 4. The zero-order chi connectivity index (χ0) is 13.8. The molecule has 108 valence electrons. The van der Waals surface area contributed by atoms with Crippen LogP contribution in [-0.4, -0.2) is 26.1 Å². The van der Waals surface area contributed by atoms with Crippen LogP contribution in [0.25, 0.3) is 11.0 Å². The van der Waals surface area contributed by atoms with Crippen LogP contribution in [0.3, 0.4) is 0 Å². The molecule has 0 aliphatic carbocycles. The topological polar surface area (TPSA) is 40.8 Å². The van der Waals surface area contributed by atoms with Crippen LogP contribution in [0.5, 0.6) is 5.75 Å². The average molecular weight is 341 g/mol. The molecule has 0 spiro atoms. The van der Waals surface area contributed by atoms with E-state index >= 15 is 0 Å². The molecule has 3 rings (SSSR count). The van der Waals surface area contributed by atoms with E-state index in [4.69, 9.17) is 18.6 Å². The Morgan fingerprint density at radius 3 is 3.00 bits per heavy atom. The highest BCUT2D eigenvalue weighted by Crippen LogP contribution is 2.32. The first kappa shape index (κ1) is 13.9. The van der Waals surface area contributed by atoms with E-state index in [1.54, 1.807) is 6.26 Å². The summed E-state index contributed by atoms with van der Waals surface area (Å²) < 4.78 is 23.2. The Kier molecular flexibility index (Phi) is 4.60. The number of ether oxygens (including phenoxy) is 3. The highest BCUT2D eigenvalue weighted by molar-refractivity contribution is 9.10. The predicted molar refractivity (Wildman–Crippen MR) is 79.0 cm³/mol. The quantitative estimate of drug-likeness (QED) is 0.767. The van der Waals surface area contributed by atoms with Crippen LogP contribution in [0.1, 0.15) is 19.3 Å². The Morgan fingerprint density at radius 1 is 1.20 bits per heavy atom. The molecular weight excluding hydrogens is 324 g/mol. The summed E-state index contributed by atoms with van der Waals surface area (Å²) in [4.78, 5) is 0. The van der Waals surface area contributed by atoms with Gasteiger partial charge in [-0.2, -0.15) is 0 Å². The second-order valence-electron chi connectivity index (χ2n) is 4.72. The molecule has 0 bridgehead atoms. The summed E-state index contributed by atoms with van der Waals surface area (Å²) in [6.45, 7) is 1.83. The van der Waals surface area contributed by atoms with Gasteiger partial charge >= 0.3 is 0 Å². The summed E-state index contributed by atoms with van der Waals surface area (Å²) in [5.41, 5.74) is 0.805. The smallest absolute Gasteiger partial charge is 0.157 e. The largest absolute Gasteiger partial charge is 0.490 e. The molecule has 5 heteroatoms. The zero-order valence-electron chi connectivity index (χ0n) is 11.1. The van der Waals surface area contributed by atoms with Gasteiger partial charge in [0.05, 0.1) is 22.7 Å². The summed E-state index contributed by atoms with van der Waals surface area (Å²) in [6, 6.07) is 5.76. The van der Waals surface area contributed by atoms with Gasteiger partial charge in [-0.3, -0.25) is 0 Å².